The van der Waals surface area contributed by atoms with Crippen LogP contribution in [-0.2, 0) is 9.53 Å². The molecule has 1 amide bonds. The number of esters is 1. The molecule has 0 spiro atoms. The molecular formula is C26H25NO6S. The summed E-state index contributed by atoms with van der Waals surface area (Å²) in [7, 11) is 0. The molecule has 1 aliphatic rings. The predicted molar refractivity (Wildman–Crippen MR) is 133 cm³/mol. The third kappa shape index (κ3) is 5.96. The summed E-state index contributed by atoms with van der Waals surface area (Å²) in [4.78, 5) is 29.6. The van der Waals surface area contributed by atoms with Crippen molar-refractivity contribution >= 4 is 34.8 Å². The molecule has 8 heteroatoms. The first-order valence-electron chi connectivity index (χ1n) is 10.7. The summed E-state index contributed by atoms with van der Waals surface area (Å²) >= 11 is 1.02. The second-order valence-electron chi connectivity index (χ2n) is 6.88. The second kappa shape index (κ2) is 11.9. The number of rotatable bonds is 9. The third-order valence-electron chi connectivity index (χ3n) is 4.52. The van der Waals surface area contributed by atoms with Gasteiger partial charge >= 0.3 is 5.97 Å². The van der Waals surface area contributed by atoms with E-state index in [0.717, 1.165) is 11.8 Å². The molecular weight excluding hydrogens is 454 g/mol. The summed E-state index contributed by atoms with van der Waals surface area (Å²) in [6.07, 6.45) is 3.31. The molecule has 1 aliphatic heterocycles. The lowest BCUT2D eigenvalue weighted by Gasteiger charge is -2.11. The summed E-state index contributed by atoms with van der Waals surface area (Å²) in [5, 5.41) is 10.9. The number of nitrogens with zero attached hydrogens (tertiary/aromatic N) is 1. The lowest BCUT2D eigenvalue weighted by atomic mass is 10.1. The highest BCUT2D eigenvalue weighted by Gasteiger charge is 2.34. The molecule has 0 saturated heterocycles. The van der Waals surface area contributed by atoms with Crippen molar-refractivity contribution in [2.45, 2.75) is 13.8 Å². The van der Waals surface area contributed by atoms with Crippen molar-refractivity contribution in [2.75, 3.05) is 19.8 Å². The van der Waals surface area contributed by atoms with Gasteiger partial charge in [0.25, 0.3) is 5.91 Å². The Kier molecular flexibility index (Phi) is 8.70. The van der Waals surface area contributed by atoms with Crippen LogP contribution >= 0.6 is 11.8 Å². The van der Waals surface area contributed by atoms with Crippen molar-refractivity contribution < 1.29 is 28.9 Å². The normalized spacial score (nSPS) is 15.5. The van der Waals surface area contributed by atoms with E-state index in [1.807, 2.05) is 6.92 Å². The summed E-state index contributed by atoms with van der Waals surface area (Å²) in [5.74, 6) is -0.484. The van der Waals surface area contributed by atoms with Crippen LogP contribution in [0.25, 0.3) is 6.08 Å². The van der Waals surface area contributed by atoms with Crippen molar-refractivity contribution in [3.63, 3.8) is 0 Å². The number of carbonyl (C=O) groups is 2. The number of benzene rings is 2. The van der Waals surface area contributed by atoms with Gasteiger partial charge in [0.2, 0.25) is 0 Å². The van der Waals surface area contributed by atoms with Crippen molar-refractivity contribution in [1.29, 1.82) is 0 Å². The number of thioether (sulfide) groups is 1. The van der Waals surface area contributed by atoms with Gasteiger partial charge in [-0.25, -0.2) is 9.79 Å². The Morgan fingerprint density at radius 1 is 1.06 bits per heavy atom. The SMILES string of the molecule is C=CCOc1ccc(/C=C2\SC(=NC(=O)c3ccccc3)C(C(=O)OCC)=C2O)cc1OCC. The molecule has 176 valence electrons. The van der Waals surface area contributed by atoms with E-state index < -0.39 is 11.9 Å². The Labute approximate surface area is 202 Å². The molecule has 2 aromatic rings. The maximum Gasteiger partial charge on any atom is 0.344 e. The molecule has 0 aromatic heterocycles. The van der Waals surface area contributed by atoms with Gasteiger partial charge in [0.1, 0.15) is 23.0 Å². The topological polar surface area (TPSA) is 94.4 Å². The van der Waals surface area contributed by atoms with Crippen LogP contribution in [0.1, 0.15) is 29.8 Å². The molecule has 34 heavy (non-hydrogen) atoms. The summed E-state index contributed by atoms with van der Waals surface area (Å²) in [6, 6.07) is 13.8. The van der Waals surface area contributed by atoms with Gasteiger partial charge in [-0.15, -0.1) is 0 Å². The van der Waals surface area contributed by atoms with Gasteiger partial charge in [-0.05, 0) is 49.8 Å². The number of amides is 1. The Morgan fingerprint density at radius 3 is 2.50 bits per heavy atom. The largest absolute Gasteiger partial charge is 0.506 e. The molecule has 0 bridgehead atoms. The van der Waals surface area contributed by atoms with E-state index in [4.69, 9.17) is 14.2 Å². The first-order valence-corrected chi connectivity index (χ1v) is 11.5. The fourth-order valence-corrected chi connectivity index (χ4v) is 4.04. The van der Waals surface area contributed by atoms with Crippen LogP contribution in [0.15, 0.2) is 82.4 Å². The smallest absolute Gasteiger partial charge is 0.344 e. The highest BCUT2D eigenvalue weighted by molar-refractivity contribution is 8.18. The predicted octanol–water partition coefficient (Wildman–Crippen LogP) is 5.35. The quantitative estimate of drug-likeness (QED) is 0.383. The number of hydrogen-bond acceptors (Lipinski definition) is 7. The van der Waals surface area contributed by atoms with E-state index in [0.29, 0.717) is 40.7 Å². The summed E-state index contributed by atoms with van der Waals surface area (Å²) in [6.45, 7) is 8.05. The Morgan fingerprint density at radius 2 is 1.82 bits per heavy atom. The van der Waals surface area contributed by atoms with Gasteiger partial charge in [-0.3, -0.25) is 4.79 Å². The molecule has 3 rings (SSSR count). The van der Waals surface area contributed by atoms with Crippen molar-refractivity contribution in [1.82, 2.24) is 0 Å². The van der Waals surface area contributed by atoms with Crippen molar-refractivity contribution in [2.24, 2.45) is 4.99 Å². The monoisotopic (exact) mass is 479 g/mol. The molecule has 0 atom stereocenters. The van der Waals surface area contributed by atoms with Gasteiger partial charge in [-0.1, -0.05) is 48.7 Å². The van der Waals surface area contributed by atoms with E-state index in [2.05, 4.69) is 11.6 Å². The zero-order chi connectivity index (χ0) is 24.5. The lowest BCUT2D eigenvalue weighted by molar-refractivity contribution is -0.138. The Hall–Kier alpha value is -3.78. The number of aliphatic hydroxyl groups excluding tert-OH is 1. The fraction of sp³-hybridized carbons (Fsp3) is 0.192. The number of aliphatic imine (C=N–C) groups is 1. The molecule has 1 heterocycles. The number of ether oxygens (including phenoxy) is 3. The summed E-state index contributed by atoms with van der Waals surface area (Å²) < 4.78 is 16.4. The van der Waals surface area contributed by atoms with Crippen LogP contribution in [0, 0.1) is 0 Å². The highest BCUT2D eigenvalue weighted by Crippen LogP contribution is 2.40. The third-order valence-corrected chi connectivity index (χ3v) is 5.54. The zero-order valence-electron chi connectivity index (χ0n) is 18.9. The standard InChI is InChI=1S/C26H25NO6S/c1-4-14-33-19-13-12-17(15-20(19)31-5-2)16-21-23(28)22(26(30)32-6-3)25(34-21)27-24(29)18-10-8-7-9-11-18/h4,7-13,15-16,28H,1,5-6,14H2,2-3H3/b21-16-,27-25?. The minimum absolute atomic E-state index is 0.0759. The van der Waals surface area contributed by atoms with Gasteiger partial charge in [0.05, 0.1) is 18.1 Å². The maximum absolute atomic E-state index is 12.6. The van der Waals surface area contributed by atoms with Gasteiger partial charge < -0.3 is 19.3 Å². The molecule has 0 aliphatic carbocycles. The van der Waals surface area contributed by atoms with E-state index in [1.165, 1.54) is 0 Å². The molecule has 7 nitrogen and oxygen atoms in total. The zero-order valence-corrected chi connectivity index (χ0v) is 19.8. The van der Waals surface area contributed by atoms with E-state index in [9.17, 15) is 14.7 Å². The van der Waals surface area contributed by atoms with Crippen LogP contribution in [0.2, 0.25) is 0 Å². The molecule has 1 N–H and O–H groups in total. The lowest BCUT2D eigenvalue weighted by Crippen LogP contribution is -2.14. The molecule has 0 saturated carbocycles. The van der Waals surface area contributed by atoms with E-state index >= 15 is 0 Å². The number of aliphatic hydroxyl groups is 1. The number of hydrogen-bond donors (Lipinski definition) is 1. The first kappa shape index (κ1) is 24.9. The van der Waals surface area contributed by atoms with Crippen LogP contribution in [0.4, 0.5) is 0 Å². The van der Waals surface area contributed by atoms with Crippen molar-refractivity contribution in [3.05, 3.63) is 88.6 Å². The van der Waals surface area contributed by atoms with Crippen LogP contribution in [0.3, 0.4) is 0 Å². The minimum Gasteiger partial charge on any atom is -0.506 e. The minimum atomic E-state index is -0.751. The van der Waals surface area contributed by atoms with Crippen LogP contribution < -0.4 is 9.47 Å². The van der Waals surface area contributed by atoms with Crippen LogP contribution in [-0.4, -0.2) is 41.8 Å². The fourth-order valence-electron chi connectivity index (χ4n) is 3.03. The average molecular weight is 480 g/mol. The van der Waals surface area contributed by atoms with Gasteiger partial charge in [0, 0.05) is 5.56 Å². The van der Waals surface area contributed by atoms with Gasteiger partial charge in [-0.2, -0.15) is 0 Å². The molecule has 0 fully saturated rings. The van der Waals surface area contributed by atoms with Crippen molar-refractivity contribution in [3.8, 4) is 11.5 Å². The average Bonchev–Trinajstić information content (AvgIpc) is 3.13. The summed E-state index contributed by atoms with van der Waals surface area (Å²) in [5.41, 5.74) is 0.924. The Bertz CT molecular complexity index is 1170. The highest BCUT2D eigenvalue weighted by atomic mass is 32.2. The number of carbonyl (C=O) groups excluding carboxylic acids is 2. The van der Waals surface area contributed by atoms with Gasteiger partial charge in [0.15, 0.2) is 11.5 Å². The molecule has 0 radical (unpaired) electrons. The molecule has 0 unspecified atom stereocenters. The second-order valence-corrected chi connectivity index (χ2v) is 7.91. The van der Waals surface area contributed by atoms with Crippen LogP contribution in [0.5, 0.6) is 11.5 Å². The van der Waals surface area contributed by atoms with E-state index in [1.54, 1.807) is 67.6 Å². The molecule has 2 aromatic carbocycles. The first-order chi connectivity index (χ1) is 16.5. The maximum atomic E-state index is 12.6. The Balaban J connectivity index is 1.99. The van der Waals surface area contributed by atoms with E-state index in [-0.39, 0.29) is 23.0 Å².